The van der Waals surface area contributed by atoms with Crippen molar-refractivity contribution >= 4 is 23.4 Å². The lowest BCUT2D eigenvalue weighted by atomic mass is 10.0. The van der Waals surface area contributed by atoms with Crippen LogP contribution in [0.2, 0.25) is 0 Å². The molecule has 0 saturated heterocycles. The van der Waals surface area contributed by atoms with Crippen LogP contribution in [0.25, 0.3) is 0 Å². The molecule has 2 rings (SSSR count). The molecule has 24 heavy (non-hydrogen) atoms. The van der Waals surface area contributed by atoms with E-state index in [-0.39, 0.29) is 5.78 Å². The Morgan fingerprint density at radius 1 is 0.875 bits per heavy atom. The van der Waals surface area contributed by atoms with Gasteiger partial charge in [0.1, 0.15) is 5.60 Å². The van der Waals surface area contributed by atoms with E-state index in [1.807, 2.05) is 12.1 Å². The normalized spacial score (nSPS) is 11.2. The third-order valence-corrected chi connectivity index (χ3v) is 3.43. The van der Waals surface area contributed by atoms with Crippen molar-refractivity contribution in [2.75, 3.05) is 0 Å². The highest BCUT2D eigenvalue weighted by atomic mass is 35.5. The van der Waals surface area contributed by atoms with Crippen LogP contribution in [0.3, 0.4) is 0 Å². The Balaban J connectivity index is 2.07. The van der Waals surface area contributed by atoms with E-state index >= 15 is 0 Å². The molecule has 0 saturated carbocycles. The number of carbonyl (C=O) groups is 2. The van der Waals surface area contributed by atoms with Crippen LogP contribution >= 0.6 is 11.6 Å². The molecular weight excluding hydrogens is 328 g/mol. The highest BCUT2D eigenvalue weighted by molar-refractivity contribution is 6.17. The van der Waals surface area contributed by atoms with Gasteiger partial charge in [-0.25, -0.2) is 4.79 Å². The van der Waals surface area contributed by atoms with Gasteiger partial charge in [-0.1, -0.05) is 36.4 Å². The number of hydrogen-bond acceptors (Lipinski definition) is 4. The minimum Gasteiger partial charge on any atom is -0.292 e. The van der Waals surface area contributed by atoms with Crippen molar-refractivity contribution in [3.63, 3.8) is 0 Å². The fourth-order valence-electron chi connectivity index (χ4n) is 1.88. The highest BCUT2D eigenvalue weighted by Gasteiger charge is 2.17. The molecule has 0 aromatic heterocycles. The summed E-state index contributed by atoms with van der Waals surface area (Å²) in [7, 11) is 0. The number of hydrogen-bond donors (Lipinski definition) is 0. The first-order valence-electron chi connectivity index (χ1n) is 7.50. The van der Waals surface area contributed by atoms with Gasteiger partial charge in [0.05, 0.1) is 5.56 Å². The maximum absolute atomic E-state index is 12.4. The first-order valence-corrected chi connectivity index (χ1v) is 8.03. The van der Waals surface area contributed by atoms with Crippen LogP contribution in [0.15, 0.2) is 48.5 Å². The van der Waals surface area contributed by atoms with Crippen LogP contribution in [-0.2, 0) is 15.7 Å². The van der Waals surface area contributed by atoms with Gasteiger partial charge in [-0.2, -0.15) is 4.89 Å². The molecule has 0 radical (unpaired) electrons. The zero-order valence-electron chi connectivity index (χ0n) is 13.8. The molecule has 5 heteroatoms. The van der Waals surface area contributed by atoms with Crippen molar-refractivity contribution in [3.8, 4) is 0 Å². The molecule has 0 amide bonds. The summed E-state index contributed by atoms with van der Waals surface area (Å²) < 4.78 is 0. The minimum atomic E-state index is -0.601. The van der Waals surface area contributed by atoms with E-state index in [2.05, 4.69) is 0 Å². The lowest BCUT2D eigenvalue weighted by Gasteiger charge is -2.16. The third kappa shape index (κ3) is 4.91. The number of benzene rings is 2. The quantitative estimate of drug-likeness (QED) is 0.345. The summed E-state index contributed by atoms with van der Waals surface area (Å²) in [6.07, 6.45) is 0. The predicted octanol–water partition coefficient (Wildman–Crippen LogP) is 4.54. The molecule has 2 aromatic carbocycles. The molecule has 0 aliphatic rings. The highest BCUT2D eigenvalue weighted by Crippen LogP contribution is 2.15. The third-order valence-electron chi connectivity index (χ3n) is 3.12. The number of ketones is 1. The van der Waals surface area contributed by atoms with Gasteiger partial charge in [0.2, 0.25) is 0 Å². The predicted molar refractivity (Wildman–Crippen MR) is 92.1 cm³/mol. The van der Waals surface area contributed by atoms with Gasteiger partial charge >= 0.3 is 5.97 Å². The number of rotatable bonds is 5. The lowest BCUT2D eigenvalue weighted by Crippen LogP contribution is -2.21. The van der Waals surface area contributed by atoms with E-state index in [4.69, 9.17) is 21.4 Å². The van der Waals surface area contributed by atoms with E-state index in [1.54, 1.807) is 45.0 Å². The Morgan fingerprint density at radius 2 is 1.33 bits per heavy atom. The van der Waals surface area contributed by atoms with Crippen LogP contribution in [0.1, 0.15) is 52.6 Å². The first-order chi connectivity index (χ1) is 11.3. The molecule has 0 atom stereocenters. The van der Waals surface area contributed by atoms with Gasteiger partial charge in [0.15, 0.2) is 5.78 Å². The fraction of sp³-hybridized carbons (Fsp3) is 0.263. The lowest BCUT2D eigenvalue weighted by molar-refractivity contribution is -0.301. The molecule has 126 valence electrons. The van der Waals surface area contributed by atoms with E-state index in [0.29, 0.717) is 22.6 Å². The number of carbonyl (C=O) groups excluding carboxylic acids is 2. The minimum absolute atomic E-state index is 0.123. The second-order valence-electron chi connectivity index (χ2n) is 6.30. The van der Waals surface area contributed by atoms with Crippen LogP contribution in [0.5, 0.6) is 0 Å². The fourth-order valence-corrected chi connectivity index (χ4v) is 2.06. The molecule has 0 fully saturated rings. The summed E-state index contributed by atoms with van der Waals surface area (Å²) >= 11 is 5.74. The summed E-state index contributed by atoms with van der Waals surface area (Å²) in [4.78, 5) is 34.0. The summed E-state index contributed by atoms with van der Waals surface area (Å²) in [5, 5.41) is 0. The molecule has 0 heterocycles. The average molecular weight is 347 g/mol. The zero-order chi connectivity index (χ0) is 17.7. The van der Waals surface area contributed by atoms with Crippen molar-refractivity contribution in [3.05, 3.63) is 70.8 Å². The second kappa shape index (κ2) is 7.60. The van der Waals surface area contributed by atoms with Gasteiger partial charge < -0.3 is 0 Å². The maximum Gasteiger partial charge on any atom is 0.373 e. The van der Waals surface area contributed by atoms with Crippen LogP contribution in [0, 0.1) is 0 Å². The molecule has 0 spiro atoms. The van der Waals surface area contributed by atoms with Crippen molar-refractivity contribution < 1.29 is 19.4 Å². The largest absolute Gasteiger partial charge is 0.373 e. The topological polar surface area (TPSA) is 52.6 Å². The van der Waals surface area contributed by atoms with E-state index in [1.165, 1.54) is 12.1 Å². The second-order valence-corrected chi connectivity index (χ2v) is 6.57. The Bertz CT molecular complexity index is 713. The Hall–Kier alpha value is -2.17. The van der Waals surface area contributed by atoms with Crippen molar-refractivity contribution in [2.45, 2.75) is 32.3 Å². The summed E-state index contributed by atoms with van der Waals surface area (Å²) in [6.45, 7) is 5.33. The van der Waals surface area contributed by atoms with E-state index in [0.717, 1.165) is 5.56 Å². The van der Waals surface area contributed by atoms with E-state index < -0.39 is 11.6 Å². The molecule has 0 bridgehead atoms. The number of halogens is 1. The van der Waals surface area contributed by atoms with Gasteiger partial charge in [-0.05, 0) is 38.5 Å². The Labute approximate surface area is 146 Å². The summed E-state index contributed by atoms with van der Waals surface area (Å²) in [5.41, 5.74) is 1.73. The standard InChI is InChI=1S/C19H19ClO4/c1-19(2,3)24-23-18(22)16-10-8-15(9-11-16)17(21)14-6-4-13(12-20)5-7-14/h4-11H,12H2,1-3H3. The zero-order valence-corrected chi connectivity index (χ0v) is 14.6. The molecular formula is C19H19ClO4. The first kappa shape index (κ1) is 18.2. The summed E-state index contributed by atoms with van der Waals surface area (Å²) in [5.74, 6) is -0.320. The van der Waals surface area contributed by atoms with Gasteiger partial charge in [0, 0.05) is 17.0 Å². The van der Waals surface area contributed by atoms with Crippen LogP contribution < -0.4 is 0 Å². The van der Waals surface area contributed by atoms with E-state index in [9.17, 15) is 9.59 Å². The molecule has 0 N–H and O–H groups in total. The Morgan fingerprint density at radius 3 is 1.79 bits per heavy atom. The van der Waals surface area contributed by atoms with Crippen molar-refractivity contribution in [2.24, 2.45) is 0 Å². The van der Waals surface area contributed by atoms with Gasteiger partial charge in [-0.15, -0.1) is 11.6 Å². The monoisotopic (exact) mass is 346 g/mol. The van der Waals surface area contributed by atoms with Gasteiger partial charge in [0.25, 0.3) is 0 Å². The number of alkyl halides is 1. The van der Waals surface area contributed by atoms with Gasteiger partial charge in [-0.3, -0.25) is 9.68 Å². The molecule has 4 nitrogen and oxygen atoms in total. The average Bonchev–Trinajstić information content (AvgIpc) is 2.58. The Kier molecular flexibility index (Phi) is 5.75. The van der Waals surface area contributed by atoms with Crippen LogP contribution in [0.4, 0.5) is 0 Å². The molecule has 0 aliphatic carbocycles. The maximum atomic E-state index is 12.4. The molecule has 2 aromatic rings. The smallest absolute Gasteiger partial charge is 0.292 e. The SMILES string of the molecule is CC(C)(C)OOC(=O)c1ccc(C(=O)c2ccc(CCl)cc2)cc1. The molecule has 0 aliphatic heterocycles. The van der Waals surface area contributed by atoms with Crippen molar-refractivity contribution in [1.82, 2.24) is 0 Å². The molecule has 0 unspecified atom stereocenters. The summed E-state index contributed by atoms with van der Waals surface area (Å²) in [6, 6.07) is 13.4. The van der Waals surface area contributed by atoms with Crippen LogP contribution in [-0.4, -0.2) is 17.4 Å². The van der Waals surface area contributed by atoms with Crippen molar-refractivity contribution in [1.29, 1.82) is 0 Å².